The van der Waals surface area contributed by atoms with Gasteiger partial charge in [-0.1, -0.05) is 53.4 Å². The fourth-order valence-electron chi connectivity index (χ4n) is 4.59. The topological polar surface area (TPSA) is 128 Å². The standard InChI is InChI=1S/C26H24N2O7S4/c29-17-18-7-9-22-21(15-18)27(12-4-14-39(32,33)34)24(36-22)16-25-28(11-3-13-35-38(30)31)26-20-6-2-1-5-19(20)8-10-23(26)37-25/h1-2,5-10,15-17H,3-4,11-14H2,(H-,30,31,32,33,34). The van der Waals surface area contributed by atoms with Gasteiger partial charge >= 0.3 is 11.4 Å². The first-order chi connectivity index (χ1) is 18.7. The summed E-state index contributed by atoms with van der Waals surface area (Å²) in [6, 6.07) is 17.6. The Bertz CT molecular complexity index is 1720. The highest BCUT2D eigenvalue weighted by atomic mass is 32.2. The Morgan fingerprint density at radius 1 is 1.13 bits per heavy atom. The monoisotopic (exact) mass is 604 g/mol. The summed E-state index contributed by atoms with van der Waals surface area (Å²) in [4.78, 5) is 14.3. The van der Waals surface area contributed by atoms with E-state index in [1.54, 1.807) is 23.5 Å². The van der Waals surface area contributed by atoms with Gasteiger partial charge in [0.25, 0.3) is 5.01 Å². The van der Waals surface area contributed by atoms with Crippen LogP contribution in [0.4, 0.5) is 5.69 Å². The zero-order chi connectivity index (χ0) is 27.6. The predicted octanol–water partition coefficient (Wildman–Crippen LogP) is 4.54. The molecule has 0 spiro atoms. The number of thiazole rings is 1. The van der Waals surface area contributed by atoms with Crippen molar-refractivity contribution in [2.75, 3.05) is 23.8 Å². The lowest BCUT2D eigenvalue weighted by molar-refractivity contribution is -0.668. The van der Waals surface area contributed by atoms with E-state index in [1.807, 2.05) is 35.2 Å². The predicted molar refractivity (Wildman–Crippen MR) is 153 cm³/mol. The first-order valence-electron chi connectivity index (χ1n) is 12.0. The van der Waals surface area contributed by atoms with Crippen molar-refractivity contribution in [3.05, 3.63) is 70.2 Å². The molecule has 0 saturated carbocycles. The molecule has 204 valence electrons. The van der Waals surface area contributed by atoms with Gasteiger partial charge in [-0.05, 0) is 36.1 Å². The van der Waals surface area contributed by atoms with Crippen molar-refractivity contribution in [2.24, 2.45) is 0 Å². The molecular weight excluding hydrogens is 581 g/mol. The molecule has 1 N–H and O–H groups in total. The van der Waals surface area contributed by atoms with Crippen LogP contribution in [0.25, 0.3) is 27.1 Å². The Morgan fingerprint density at radius 2 is 1.95 bits per heavy atom. The minimum Gasteiger partial charge on any atom is -0.748 e. The molecule has 0 aliphatic carbocycles. The molecule has 2 heterocycles. The number of hydrogen-bond donors (Lipinski definition) is 1. The Kier molecular flexibility index (Phi) is 8.47. The summed E-state index contributed by atoms with van der Waals surface area (Å²) in [5.74, 6) is -0.481. The van der Waals surface area contributed by atoms with Crippen LogP contribution in [0.5, 0.6) is 0 Å². The molecule has 1 aliphatic rings. The van der Waals surface area contributed by atoms with E-state index in [0.29, 0.717) is 25.1 Å². The molecule has 13 heteroatoms. The van der Waals surface area contributed by atoms with Crippen LogP contribution in [0.1, 0.15) is 28.2 Å². The summed E-state index contributed by atoms with van der Waals surface area (Å²) in [7, 11) is -4.36. The first-order valence-corrected chi connectivity index (χ1v) is 16.3. The third-order valence-corrected chi connectivity index (χ3v) is 9.60. The molecule has 3 aromatic carbocycles. The molecule has 5 rings (SSSR count). The number of carbonyl (C=O) groups excluding carboxylic acids is 1. The Hall–Kier alpha value is -2.65. The van der Waals surface area contributed by atoms with Crippen molar-refractivity contribution in [1.82, 2.24) is 0 Å². The number of carbonyl (C=O) groups is 1. The number of aromatic nitrogens is 1. The molecule has 9 nitrogen and oxygen atoms in total. The zero-order valence-electron chi connectivity index (χ0n) is 20.5. The largest absolute Gasteiger partial charge is 0.748 e. The highest BCUT2D eigenvalue weighted by Gasteiger charge is 2.29. The number of aryl methyl sites for hydroxylation is 1. The summed E-state index contributed by atoms with van der Waals surface area (Å²) in [6.07, 6.45) is 3.44. The number of anilines is 1. The summed E-state index contributed by atoms with van der Waals surface area (Å²) in [5, 5.41) is 3.94. The third kappa shape index (κ3) is 6.40. The SMILES string of the molecule is O=Cc1ccc2c(c1)N(CCCS(=O)(=O)[O-])C(=Cc1sc3ccc4ccccc4c3[n+]1CCCOS(=O)O)S2. The lowest BCUT2D eigenvalue weighted by Gasteiger charge is -2.20. The molecular formula is C26H24N2O7S4. The number of benzene rings is 3. The number of rotatable bonds is 11. The van der Waals surface area contributed by atoms with Gasteiger partial charge in [0.15, 0.2) is 6.54 Å². The van der Waals surface area contributed by atoms with Crippen molar-refractivity contribution < 1.29 is 35.3 Å². The van der Waals surface area contributed by atoms with Gasteiger partial charge in [0.05, 0.1) is 38.9 Å². The molecule has 1 atom stereocenters. The number of hydrogen-bond acceptors (Lipinski definition) is 9. The maximum absolute atomic E-state index is 11.4. The first kappa shape index (κ1) is 27.9. The van der Waals surface area contributed by atoms with Crippen LogP contribution in [0.2, 0.25) is 0 Å². The highest BCUT2D eigenvalue weighted by molar-refractivity contribution is 8.03. The van der Waals surface area contributed by atoms with E-state index in [2.05, 4.69) is 22.8 Å². The highest BCUT2D eigenvalue weighted by Crippen LogP contribution is 2.47. The quantitative estimate of drug-likeness (QED) is 0.0863. The van der Waals surface area contributed by atoms with Crippen LogP contribution in [0, 0.1) is 0 Å². The average molecular weight is 605 g/mol. The van der Waals surface area contributed by atoms with Crippen molar-refractivity contribution in [2.45, 2.75) is 24.3 Å². The van der Waals surface area contributed by atoms with Crippen LogP contribution in [0.3, 0.4) is 0 Å². The van der Waals surface area contributed by atoms with Crippen LogP contribution in [-0.2, 0) is 32.2 Å². The fraction of sp³-hybridized carbons (Fsp3) is 0.231. The lowest BCUT2D eigenvalue weighted by atomic mass is 10.1. The zero-order valence-corrected chi connectivity index (χ0v) is 23.8. The Balaban J connectivity index is 1.58. The minimum absolute atomic E-state index is 0.110. The Labute approximate surface area is 236 Å². The fourth-order valence-corrected chi connectivity index (χ4v) is 7.66. The van der Waals surface area contributed by atoms with E-state index in [4.69, 9.17) is 8.74 Å². The summed E-state index contributed by atoms with van der Waals surface area (Å²) < 4.78 is 61.8. The van der Waals surface area contributed by atoms with Gasteiger partial charge in [0, 0.05) is 29.2 Å². The van der Waals surface area contributed by atoms with Gasteiger partial charge in [0.2, 0.25) is 5.52 Å². The second kappa shape index (κ2) is 11.8. The molecule has 0 fully saturated rings. The maximum atomic E-state index is 11.4. The van der Waals surface area contributed by atoms with Crippen LogP contribution < -0.4 is 9.47 Å². The van der Waals surface area contributed by atoms with E-state index in [0.717, 1.165) is 47.9 Å². The van der Waals surface area contributed by atoms with Gasteiger partial charge in [-0.3, -0.25) is 13.5 Å². The Morgan fingerprint density at radius 3 is 2.72 bits per heavy atom. The lowest BCUT2D eigenvalue weighted by Crippen LogP contribution is -2.36. The second-order valence-electron chi connectivity index (χ2n) is 8.81. The molecule has 1 unspecified atom stereocenters. The normalized spacial score (nSPS) is 15.3. The van der Waals surface area contributed by atoms with Gasteiger partial charge < -0.3 is 9.45 Å². The molecule has 1 aromatic heterocycles. The minimum atomic E-state index is -4.36. The number of aldehydes is 1. The van der Waals surface area contributed by atoms with Crippen molar-refractivity contribution in [3.8, 4) is 0 Å². The number of thioether (sulfide) groups is 1. The van der Waals surface area contributed by atoms with Crippen molar-refractivity contribution >= 4 is 83.6 Å². The van der Waals surface area contributed by atoms with E-state index in [-0.39, 0.29) is 13.0 Å². The van der Waals surface area contributed by atoms with Crippen molar-refractivity contribution in [3.63, 3.8) is 0 Å². The maximum Gasteiger partial charge on any atom is 0.301 e. The molecule has 1 aliphatic heterocycles. The van der Waals surface area contributed by atoms with Crippen LogP contribution in [-0.4, -0.2) is 46.9 Å². The van der Waals surface area contributed by atoms with Crippen LogP contribution in [0.15, 0.2) is 64.5 Å². The van der Waals surface area contributed by atoms with Gasteiger partial charge in [0.1, 0.15) is 11.0 Å². The summed E-state index contributed by atoms with van der Waals surface area (Å²) in [5.41, 5.74) is 2.33. The van der Waals surface area contributed by atoms with E-state index < -0.39 is 27.2 Å². The number of nitrogens with zero attached hydrogens (tertiary/aromatic N) is 2. The molecule has 39 heavy (non-hydrogen) atoms. The van der Waals surface area contributed by atoms with Gasteiger partial charge in [-0.25, -0.2) is 8.42 Å². The van der Waals surface area contributed by atoms with E-state index in [1.165, 1.54) is 11.8 Å². The molecule has 0 bridgehead atoms. The van der Waals surface area contributed by atoms with E-state index in [9.17, 15) is 22.0 Å². The smallest absolute Gasteiger partial charge is 0.301 e. The summed E-state index contributed by atoms with van der Waals surface area (Å²) >= 11 is 0.779. The third-order valence-electron chi connectivity index (χ3n) is 6.24. The van der Waals surface area contributed by atoms with Gasteiger partial charge in [-0.2, -0.15) is 8.78 Å². The van der Waals surface area contributed by atoms with Crippen LogP contribution >= 0.6 is 23.1 Å². The molecule has 4 aromatic rings. The van der Waals surface area contributed by atoms with Crippen molar-refractivity contribution in [1.29, 1.82) is 0 Å². The van der Waals surface area contributed by atoms with E-state index >= 15 is 0 Å². The molecule has 0 radical (unpaired) electrons. The molecule has 0 saturated heterocycles. The average Bonchev–Trinajstić information content (AvgIpc) is 3.43. The number of fused-ring (bicyclic) bond motifs is 4. The van der Waals surface area contributed by atoms with Gasteiger partial charge in [-0.15, -0.1) is 0 Å². The summed E-state index contributed by atoms with van der Waals surface area (Å²) in [6.45, 7) is 0.934. The second-order valence-corrected chi connectivity index (χ2v) is 13.1. The molecule has 0 amide bonds.